The number of piperidine rings is 1. The fourth-order valence-corrected chi connectivity index (χ4v) is 1.57. The van der Waals surface area contributed by atoms with Crippen molar-refractivity contribution in [3.05, 3.63) is 0 Å². The lowest BCUT2D eigenvalue weighted by molar-refractivity contribution is -0.120. The molecule has 0 saturated carbocycles. The highest BCUT2D eigenvalue weighted by molar-refractivity contribution is 5.76. The first-order chi connectivity index (χ1) is 5.72. The maximum Gasteiger partial charge on any atom is 0.231 e. The van der Waals surface area contributed by atoms with Gasteiger partial charge in [-0.05, 0) is 19.4 Å². The van der Waals surface area contributed by atoms with E-state index < -0.39 is 0 Å². The molecule has 0 aromatic heterocycles. The molecule has 1 heterocycles. The SMILES string of the molecule is NC(=O)CN1CCCC(C=O)C1. The smallest absolute Gasteiger partial charge is 0.231 e. The lowest BCUT2D eigenvalue weighted by Crippen LogP contribution is -2.41. The summed E-state index contributed by atoms with van der Waals surface area (Å²) in [5.41, 5.74) is 5.04. The van der Waals surface area contributed by atoms with Crippen LogP contribution in [0.5, 0.6) is 0 Å². The number of nitrogens with zero attached hydrogens (tertiary/aromatic N) is 1. The van der Waals surface area contributed by atoms with Crippen LogP contribution >= 0.6 is 0 Å². The van der Waals surface area contributed by atoms with Crippen LogP contribution in [0.3, 0.4) is 0 Å². The highest BCUT2D eigenvalue weighted by Gasteiger charge is 2.19. The fraction of sp³-hybridized carbons (Fsp3) is 0.750. The van der Waals surface area contributed by atoms with Gasteiger partial charge in [-0.3, -0.25) is 9.69 Å². The van der Waals surface area contributed by atoms with Crippen molar-refractivity contribution in [2.45, 2.75) is 12.8 Å². The first kappa shape index (κ1) is 9.19. The molecule has 0 aromatic carbocycles. The summed E-state index contributed by atoms with van der Waals surface area (Å²) in [6, 6.07) is 0. The van der Waals surface area contributed by atoms with Gasteiger partial charge in [0, 0.05) is 12.5 Å². The summed E-state index contributed by atoms with van der Waals surface area (Å²) in [5.74, 6) is -0.223. The molecule has 4 heteroatoms. The van der Waals surface area contributed by atoms with E-state index in [1.807, 2.05) is 4.90 Å². The molecule has 0 radical (unpaired) electrons. The molecule has 1 aliphatic rings. The largest absolute Gasteiger partial charge is 0.369 e. The van der Waals surface area contributed by atoms with E-state index in [0.717, 1.165) is 25.7 Å². The molecule has 0 spiro atoms. The number of likely N-dealkylation sites (tertiary alicyclic amines) is 1. The van der Waals surface area contributed by atoms with Crippen molar-refractivity contribution >= 4 is 12.2 Å². The third-order valence-electron chi connectivity index (χ3n) is 2.11. The lowest BCUT2D eigenvalue weighted by atomic mass is 10.00. The van der Waals surface area contributed by atoms with Crippen LogP contribution in [-0.2, 0) is 9.59 Å². The molecule has 2 N–H and O–H groups in total. The van der Waals surface area contributed by atoms with Crippen molar-refractivity contribution in [1.29, 1.82) is 0 Å². The molecule has 1 atom stereocenters. The van der Waals surface area contributed by atoms with E-state index in [4.69, 9.17) is 5.73 Å². The Kier molecular flexibility index (Phi) is 3.22. The van der Waals surface area contributed by atoms with Crippen LogP contribution < -0.4 is 5.73 Å². The van der Waals surface area contributed by atoms with Gasteiger partial charge in [-0.25, -0.2) is 0 Å². The lowest BCUT2D eigenvalue weighted by Gasteiger charge is -2.28. The van der Waals surface area contributed by atoms with Crippen molar-refractivity contribution in [3.63, 3.8) is 0 Å². The minimum absolute atomic E-state index is 0.0955. The molecule has 1 fully saturated rings. The van der Waals surface area contributed by atoms with Crippen molar-refractivity contribution in [3.8, 4) is 0 Å². The second-order valence-electron chi connectivity index (χ2n) is 3.24. The highest BCUT2D eigenvalue weighted by atomic mass is 16.1. The average molecular weight is 170 g/mol. The summed E-state index contributed by atoms with van der Waals surface area (Å²) in [7, 11) is 0. The third kappa shape index (κ3) is 2.62. The van der Waals surface area contributed by atoms with E-state index in [9.17, 15) is 9.59 Å². The summed E-state index contributed by atoms with van der Waals surface area (Å²) in [6.07, 6.45) is 2.89. The van der Waals surface area contributed by atoms with Crippen LogP contribution in [0.15, 0.2) is 0 Å². The van der Waals surface area contributed by atoms with Gasteiger partial charge >= 0.3 is 0 Å². The molecule has 12 heavy (non-hydrogen) atoms. The van der Waals surface area contributed by atoms with Crippen LogP contribution in [0.25, 0.3) is 0 Å². The molecule has 4 nitrogen and oxygen atoms in total. The molecular formula is C8H14N2O2. The number of hydrogen-bond donors (Lipinski definition) is 1. The minimum Gasteiger partial charge on any atom is -0.369 e. The van der Waals surface area contributed by atoms with Gasteiger partial charge in [0.15, 0.2) is 0 Å². The first-order valence-corrected chi connectivity index (χ1v) is 4.18. The number of aldehydes is 1. The zero-order valence-corrected chi connectivity index (χ0v) is 7.03. The standard InChI is InChI=1S/C8H14N2O2/c9-8(12)5-10-3-1-2-7(4-10)6-11/h6-7H,1-5H2,(H2,9,12). The maximum absolute atomic E-state index is 10.6. The number of carbonyl (C=O) groups is 2. The van der Waals surface area contributed by atoms with Crippen molar-refractivity contribution in [1.82, 2.24) is 4.90 Å². The predicted octanol–water partition coefficient (Wildman–Crippen LogP) is -0.617. The van der Waals surface area contributed by atoms with Crippen LogP contribution in [0.2, 0.25) is 0 Å². The Balaban J connectivity index is 2.35. The topological polar surface area (TPSA) is 63.4 Å². The molecule has 1 amide bonds. The molecule has 1 unspecified atom stereocenters. The van der Waals surface area contributed by atoms with Crippen LogP contribution in [0, 0.1) is 5.92 Å². The maximum atomic E-state index is 10.6. The van der Waals surface area contributed by atoms with Gasteiger partial charge in [0.05, 0.1) is 6.54 Å². The molecule has 0 aliphatic carbocycles. The molecular weight excluding hydrogens is 156 g/mol. The summed E-state index contributed by atoms with van der Waals surface area (Å²) in [6.45, 7) is 1.85. The summed E-state index contributed by atoms with van der Waals surface area (Å²) in [4.78, 5) is 22.9. The third-order valence-corrected chi connectivity index (χ3v) is 2.11. The Hall–Kier alpha value is -0.900. The fourth-order valence-electron chi connectivity index (χ4n) is 1.57. The number of primary amides is 1. The molecule has 68 valence electrons. The van der Waals surface area contributed by atoms with Crippen LogP contribution in [0.4, 0.5) is 0 Å². The Labute approximate surface area is 71.7 Å². The highest BCUT2D eigenvalue weighted by Crippen LogP contribution is 2.13. The zero-order chi connectivity index (χ0) is 8.97. The van der Waals surface area contributed by atoms with Crippen LogP contribution in [0.1, 0.15) is 12.8 Å². The molecule has 1 aliphatic heterocycles. The van der Waals surface area contributed by atoms with Crippen molar-refractivity contribution < 1.29 is 9.59 Å². The zero-order valence-electron chi connectivity index (χ0n) is 7.03. The Bertz CT molecular complexity index is 182. The normalized spacial score (nSPS) is 25.2. The van der Waals surface area contributed by atoms with Gasteiger partial charge in [0.25, 0.3) is 0 Å². The van der Waals surface area contributed by atoms with Gasteiger partial charge in [-0.2, -0.15) is 0 Å². The summed E-state index contributed by atoms with van der Waals surface area (Å²) >= 11 is 0. The van der Waals surface area contributed by atoms with Gasteiger partial charge in [0.1, 0.15) is 6.29 Å². The molecule has 1 rings (SSSR count). The molecule has 0 bridgehead atoms. The van der Waals surface area contributed by atoms with Crippen LogP contribution in [-0.4, -0.2) is 36.7 Å². The van der Waals surface area contributed by atoms with Gasteiger partial charge in [-0.1, -0.05) is 0 Å². The number of amides is 1. The summed E-state index contributed by atoms with van der Waals surface area (Å²) in [5, 5.41) is 0. The van der Waals surface area contributed by atoms with Gasteiger partial charge < -0.3 is 10.5 Å². The monoisotopic (exact) mass is 170 g/mol. The quantitative estimate of drug-likeness (QED) is 0.574. The predicted molar refractivity (Wildman–Crippen MR) is 44.4 cm³/mol. The van der Waals surface area contributed by atoms with E-state index in [1.54, 1.807) is 0 Å². The average Bonchev–Trinajstić information content (AvgIpc) is 2.03. The minimum atomic E-state index is -0.318. The molecule has 0 aromatic rings. The van der Waals surface area contributed by atoms with E-state index in [1.165, 1.54) is 0 Å². The van der Waals surface area contributed by atoms with E-state index >= 15 is 0 Å². The van der Waals surface area contributed by atoms with Crippen molar-refractivity contribution in [2.24, 2.45) is 11.7 Å². The van der Waals surface area contributed by atoms with E-state index in [0.29, 0.717) is 6.54 Å². The Morgan fingerprint density at radius 2 is 2.42 bits per heavy atom. The second kappa shape index (κ2) is 4.21. The number of carbonyl (C=O) groups excluding carboxylic acids is 2. The second-order valence-corrected chi connectivity index (χ2v) is 3.24. The van der Waals surface area contributed by atoms with Gasteiger partial charge in [0.2, 0.25) is 5.91 Å². The van der Waals surface area contributed by atoms with E-state index in [2.05, 4.69) is 0 Å². The first-order valence-electron chi connectivity index (χ1n) is 4.18. The van der Waals surface area contributed by atoms with Crippen molar-refractivity contribution in [2.75, 3.05) is 19.6 Å². The Morgan fingerprint density at radius 3 is 3.00 bits per heavy atom. The number of nitrogens with two attached hydrogens (primary N) is 1. The molecule has 1 saturated heterocycles. The van der Waals surface area contributed by atoms with Gasteiger partial charge in [-0.15, -0.1) is 0 Å². The number of rotatable bonds is 3. The van der Waals surface area contributed by atoms with E-state index in [-0.39, 0.29) is 18.4 Å². The summed E-state index contributed by atoms with van der Waals surface area (Å²) < 4.78 is 0. The Morgan fingerprint density at radius 1 is 1.67 bits per heavy atom. The number of hydrogen-bond acceptors (Lipinski definition) is 3.